The zero-order valence-electron chi connectivity index (χ0n) is 14.7. The van der Waals surface area contributed by atoms with Crippen molar-refractivity contribution in [2.45, 2.75) is 25.6 Å². The van der Waals surface area contributed by atoms with Gasteiger partial charge in [0, 0.05) is 33.4 Å². The van der Waals surface area contributed by atoms with Crippen LogP contribution >= 0.6 is 0 Å². The standard InChI is InChI=1S/C17H24N4O3/c1-17(2)12-21(16-13(8-18)6-5-7-19-16)9-14(24-17)10-23-11-15(22)20(3)4/h5-7,14H,9-12H2,1-4H3/t14-/m0/s1. The molecule has 2 heterocycles. The van der Waals surface area contributed by atoms with Gasteiger partial charge in [0.05, 0.1) is 23.9 Å². The summed E-state index contributed by atoms with van der Waals surface area (Å²) in [4.78, 5) is 19.5. The van der Waals surface area contributed by atoms with E-state index in [1.54, 1.807) is 32.4 Å². The Kier molecular flexibility index (Phi) is 5.75. The highest BCUT2D eigenvalue weighted by molar-refractivity contribution is 5.76. The summed E-state index contributed by atoms with van der Waals surface area (Å²) in [6.07, 6.45) is 1.48. The van der Waals surface area contributed by atoms with Gasteiger partial charge in [-0.15, -0.1) is 0 Å². The fourth-order valence-electron chi connectivity index (χ4n) is 2.69. The van der Waals surface area contributed by atoms with Crippen LogP contribution in [0.5, 0.6) is 0 Å². The average Bonchev–Trinajstić information content (AvgIpc) is 2.53. The maximum absolute atomic E-state index is 11.6. The van der Waals surface area contributed by atoms with Crippen LogP contribution in [0, 0.1) is 11.3 Å². The SMILES string of the molecule is CN(C)C(=O)COC[C@@H]1CN(c2ncccc2C#N)CC(C)(C)O1. The van der Waals surface area contributed by atoms with Crippen molar-refractivity contribution < 1.29 is 14.3 Å². The van der Waals surface area contributed by atoms with Gasteiger partial charge in [-0.3, -0.25) is 4.79 Å². The van der Waals surface area contributed by atoms with E-state index in [2.05, 4.69) is 11.1 Å². The molecule has 130 valence electrons. The van der Waals surface area contributed by atoms with Gasteiger partial charge in [-0.2, -0.15) is 5.26 Å². The Labute approximate surface area is 142 Å². The summed E-state index contributed by atoms with van der Waals surface area (Å²) < 4.78 is 11.5. The maximum Gasteiger partial charge on any atom is 0.248 e. The lowest BCUT2D eigenvalue weighted by molar-refractivity contribution is -0.139. The number of aromatic nitrogens is 1. The predicted molar refractivity (Wildman–Crippen MR) is 89.6 cm³/mol. The molecule has 0 aliphatic carbocycles. The van der Waals surface area contributed by atoms with Crippen LogP contribution in [0.2, 0.25) is 0 Å². The first-order valence-corrected chi connectivity index (χ1v) is 7.88. The van der Waals surface area contributed by atoms with E-state index in [0.29, 0.717) is 31.1 Å². The summed E-state index contributed by atoms with van der Waals surface area (Å²) in [7, 11) is 3.39. The molecule has 0 unspecified atom stereocenters. The van der Waals surface area contributed by atoms with Crippen molar-refractivity contribution in [2.75, 3.05) is 45.3 Å². The van der Waals surface area contributed by atoms with Crippen LogP contribution in [-0.4, -0.2) is 67.9 Å². The van der Waals surface area contributed by atoms with Crippen molar-refractivity contribution in [1.82, 2.24) is 9.88 Å². The molecule has 1 aliphatic heterocycles. The largest absolute Gasteiger partial charge is 0.369 e. The molecule has 0 N–H and O–H groups in total. The van der Waals surface area contributed by atoms with E-state index >= 15 is 0 Å². The number of anilines is 1. The number of amides is 1. The summed E-state index contributed by atoms with van der Waals surface area (Å²) in [5.74, 6) is 0.573. The Morgan fingerprint density at radius 2 is 2.33 bits per heavy atom. The molecule has 2 rings (SSSR count). The van der Waals surface area contributed by atoms with Gasteiger partial charge in [0.2, 0.25) is 5.91 Å². The lowest BCUT2D eigenvalue weighted by Gasteiger charge is -2.43. The smallest absolute Gasteiger partial charge is 0.248 e. The number of morpholine rings is 1. The molecule has 0 spiro atoms. The van der Waals surface area contributed by atoms with Crippen molar-refractivity contribution in [1.29, 1.82) is 5.26 Å². The number of hydrogen-bond donors (Lipinski definition) is 0. The first-order chi connectivity index (χ1) is 11.3. The number of hydrogen-bond acceptors (Lipinski definition) is 6. The number of likely N-dealkylation sites (N-methyl/N-ethyl adjacent to an activating group) is 1. The van der Waals surface area contributed by atoms with E-state index < -0.39 is 5.60 Å². The second kappa shape index (κ2) is 7.60. The van der Waals surface area contributed by atoms with Crippen LogP contribution in [0.1, 0.15) is 19.4 Å². The average molecular weight is 332 g/mol. The molecule has 0 aromatic carbocycles. The molecule has 24 heavy (non-hydrogen) atoms. The fourth-order valence-corrected chi connectivity index (χ4v) is 2.69. The Bertz CT molecular complexity index is 625. The molecular weight excluding hydrogens is 308 g/mol. The molecule has 7 heteroatoms. The van der Waals surface area contributed by atoms with E-state index in [-0.39, 0.29) is 18.6 Å². The van der Waals surface area contributed by atoms with Gasteiger partial charge in [0.15, 0.2) is 0 Å². The van der Waals surface area contributed by atoms with Crippen LogP contribution in [0.15, 0.2) is 18.3 Å². The third-order valence-electron chi connectivity index (χ3n) is 3.72. The highest BCUT2D eigenvalue weighted by atomic mass is 16.5. The second-order valence-electron chi connectivity index (χ2n) is 6.67. The van der Waals surface area contributed by atoms with Crippen molar-refractivity contribution in [3.63, 3.8) is 0 Å². The number of nitriles is 1. The van der Waals surface area contributed by atoms with Gasteiger partial charge in [-0.1, -0.05) is 0 Å². The van der Waals surface area contributed by atoms with Gasteiger partial charge in [0.25, 0.3) is 0 Å². The Balaban J connectivity index is 2.04. The third-order valence-corrected chi connectivity index (χ3v) is 3.72. The van der Waals surface area contributed by atoms with Crippen LogP contribution in [0.3, 0.4) is 0 Å². The van der Waals surface area contributed by atoms with Gasteiger partial charge in [-0.25, -0.2) is 4.98 Å². The molecule has 0 radical (unpaired) electrons. The van der Waals surface area contributed by atoms with Crippen molar-refractivity contribution in [3.05, 3.63) is 23.9 Å². The number of nitrogens with zero attached hydrogens (tertiary/aromatic N) is 4. The minimum atomic E-state index is -0.401. The molecule has 1 aliphatic rings. The molecule has 0 bridgehead atoms. The normalized spacial score (nSPS) is 19.6. The summed E-state index contributed by atoms with van der Waals surface area (Å²) in [5, 5.41) is 9.28. The first-order valence-electron chi connectivity index (χ1n) is 7.88. The Hall–Kier alpha value is -2.17. The monoisotopic (exact) mass is 332 g/mol. The van der Waals surface area contributed by atoms with Gasteiger partial charge >= 0.3 is 0 Å². The zero-order chi connectivity index (χ0) is 17.7. The lowest BCUT2D eigenvalue weighted by Crippen LogP contribution is -2.54. The zero-order valence-corrected chi connectivity index (χ0v) is 14.7. The summed E-state index contributed by atoms with van der Waals surface area (Å²) in [5.41, 5.74) is 0.139. The highest BCUT2D eigenvalue weighted by Crippen LogP contribution is 2.26. The number of carbonyl (C=O) groups excluding carboxylic acids is 1. The topological polar surface area (TPSA) is 78.7 Å². The van der Waals surface area contributed by atoms with E-state index in [1.807, 2.05) is 18.7 Å². The summed E-state index contributed by atoms with van der Waals surface area (Å²) in [6.45, 7) is 5.52. The molecule has 1 aromatic heterocycles. The summed E-state index contributed by atoms with van der Waals surface area (Å²) >= 11 is 0. The predicted octanol–water partition coefficient (Wildman–Crippen LogP) is 1.04. The minimum absolute atomic E-state index is 0.0281. The second-order valence-corrected chi connectivity index (χ2v) is 6.67. The van der Waals surface area contributed by atoms with Gasteiger partial charge in [0.1, 0.15) is 18.5 Å². The minimum Gasteiger partial charge on any atom is -0.369 e. The third kappa shape index (κ3) is 4.66. The highest BCUT2D eigenvalue weighted by Gasteiger charge is 2.35. The van der Waals surface area contributed by atoms with E-state index in [4.69, 9.17) is 9.47 Å². The molecule has 1 aromatic rings. The number of rotatable bonds is 5. The van der Waals surface area contributed by atoms with Crippen LogP contribution in [-0.2, 0) is 14.3 Å². The van der Waals surface area contributed by atoms with Crippen LogP contribution in [0.25, 0.3) is 0 Å². The number of ether oxygens (including phenoxy) is 2. The van der Waals surface area contributed by atoms with E-state index in [9.17, 15) is 10.1 Å². The molecule has 1 atom stereocenters. The first kappa shape index (κ1) is 18.2. The van der Waals surface area contributed by atoms with Gasteiger partial charge < -0.3 is 19.3 Å². The van der Waals surface area contributed by atoms with Crippen LogP contribution < -0.4 is 4.90 Å². The fraction of sp³-hybridized carbons (Fsp3) is 0.588. The molecule has 0 saturated carbocycles. The van der Waals surface area contributed by atoms with Gasteiger partial charge in [-0.05, 0) is 26.0 Å². The molecule has 7 nitrogen and oxygen atoms in total. The van der Waals surface area contributed by atoms with Crippen molar-refractivity contribution in [2.24, 2.45) is 0 Å². The Morgan fingerprint density at radius 3 is 3.00 bits per heavy atom. The van der Waals surface area contributed by atoms with Crippen LogP contribution in [0.4, 0.5) is 5.82 Å². The van der Waals surface area contributed by atoms with E-state index in [1.165, 1.54) is 4.90 Å². The van der Waals surface area contributed by atoms with Crippen molar-refractivity contribution >= 4 is 11.7 Å². The molecule has 1 saturated heterocycles. The number of carbonyl (C=O) groups is 1. The van der Waals surface area contributed by atoms with Crippen molar-refractivity contribution in [3.8, 4) is 6.07 Å². The maximum atomic E-state index is 11.6. The molecular formula is C17H24N4O3. The quantitative estimate of drug-likeness (QED) is 0.802. The molecule has 1 fully saturated rings. The lowest BCUT2D eigenvalue weighted by atomic mass is 10.0. The number of pyridine rings is 1. The van der Waals surface area contributed by atoms with E-state index in [0.717, 1.165) is 0 Å². The molecule has 1 amide bonds. The summed E-state index contributed by atoms with van der Waals surface area (Å²) in [6, 6.07) is 5.69. The Morgan fingerprint density at radius 1 is 1.58 bits per heavy atom.